The van der Waals surface area contributed by atoms with Crippen molar-refractivity contribution in [2.75, 3.05) is 0 Å². The fourth-order valence-electron chi connectivity index (χ4n) is 9.04. The Morgan fingerprint density at radius 3 is 1.58 bits per heavy atom. The molecule has 2 heterocycles. The van der Waals surface area contributed by atoms with Crippen LogP contribution < -0.4 is 0 Å². The lowest BCUT2D eigenvalue weighted by Gasteiger charge is -2.14. The standard InChI is InChI=1S/C54H33N3/c1-3-14-38-31-40(23-21-34(38)11-1)49-33-48(55-54(56-49)41-24-22-35-12-2-4-15-39(35)32-41)37-25-28-42(29-26-37)57-50-20-10-9-19-47(50)52-51-43-16-6-5-13-36(43)27-30-45(51)44-17-7-8-18-46(44)53(52)57/h1-33H. The molecule has 12 rings (SSSR count). The van der Waals surface area contributed by atoms with E-state index in [1.165, 1.54) is 75.7 Å². The van der Waals surface area contributed by atoms with Crippen LogP contribution in [0.3, 0.4) is 0 Å². The molecule has 0 fully saturated rings. The quantitative estimate of drug-likeness (QED) is 0.169. The van der Waals surface area contributed by atoms with Gasteiger partial charge in [0.2, 0.25) is 0 Å². The average molecular weight is 724 g/mol. The Kier molecular flexibility index (Phi) is 6.93. The number of aromatic nitrogens is 3. The van der Waals surface area contributed by atoms with E-state index in [-0.39, 0.29) is 0 Å². The first-order chi connectivity index (χ1) is 28.2. The number of hydrogen-bond acceptors (Lipinski definition) is 2. The third-order valence-electron chi connectivity index (χ3n) is 11.7. The van der Waals surface area contributed by atoms with Gasteiger partial charge in [-0.05, 0) is 79.5 Å². The minimum absolute atomic E-state index is 0.707. The summed E-state index contributed by atoms with van der Waals surface area (Å²) in [4.78, 5) is 10.4. The van der Waals surface area contributed by atoms with Gasteiger partial charge in [-0.15, -0.1) is 0 Å². The Morgan fingerprint density at radius 1 is 0.316 bits per heavy atom. The number of fused-ring (bicyclic) bond motifs is 12. The fourth-order valence-corrected chi connectivity index (χ4v) is 9.04. The lowest BCUT2D eigenvalue weighted by atomic mass is 9.93. The highest BCUT2D eigenvalue weighted by molar-refractivity contribution is 6.36. The highest BCUT2D eigenvalue weighted by Gasteiger charge is 2.20. The first-order valence-electron chi connectivity index (χ1n) is 19.5. The van der Waals surface area contributed by atoms with Gasteiger partial charge in [-0.1, -0.05) is 164 Å². The highest BCUT2D eigenvalue weighted by atomic mass is 15.0. The maximum atomic E-state index is 5.25. The number of para-hydroxylation sites is 1. The monoisotopic (exact) mass is 723 g/mol. The van der Waals surface area contributed by atoms with Crippen LogP contribution in [0, 0.1) is 0 Å². The van der Waals surface area contributed by atoms with Crippen LogP contribution in [0.1, 0.15) is 0 Å². The molecular weight excluding hydrogens is 691 g/mol. The number of rotatable bonds is 4. The minimum Gasteiger partial charge on any atom is -0.309 e. The summed E-state index contributed by atoms with van der Waals surface area (Å²) in [5.41, 5.74) is 8.38. The van der Waals surface area contributed by atoms with E-state index in [0.29, 0.717) is 5.82 Å². The lowest BCUT2D eigenvalue weighted by molar-refractivity contribution is 1.17. The molecule has 0 aliphatic carbocycles. The molecule has 3 heteroatoms. The van der Waals surface area contributed by atoms with Gasteiger partial charge in [0.15, 0.2) is 5.82 Å². The van der Waals surface area contributed by atoms with Crippen molar-refractivity contribution in [3.8, 4) is 39.6 Å². The molecule has 0 radical (unpaired) electrons. The van der Waals surface area contributed by atoms with Crippen molar-refractivity contribution in [1.82, 2.24) is 14.5 Å². The molecule has 0 N–H and O–H groups in total. The summed E-state index contributed by atoms with van der Waals surface area (Å²) in [7, 11) is 0. The summed E-state index contributed by atoms with van der Waals surface area (Å²) >= 11 is 0. The van der Waals surface area contributed by atoms with Crippen molar-refractivity contribution in [2.45, 2.75) is 0 Å². The molecule has 0 amide bonds. The molecular formula is C54H33N3. The van der Waals surface area contributed by atoms with Crippen LogP contribution in [0.15, 0.2) is 200 Å². The van der Waals surface area contributed by atoms with E-state index in [2.05, 4.69) is 205 Å². The van der Waals surface area contributed by atoms with Gasteiger partial charge < -0.3 is 4.57 Å². The van der Waals surface area contributed by atoms with Crippen LogP contribution in [-0.4, -0.2) is 14.5 Å². The van der Waals surface area contributed by atoms with Crippen LogP contribution in [0.4, 0.5) is 0 Å². The van der Waals surface area contributed by atoms with Gasteiger partial charge in [0.05, 0.1) is 22.4 Å². The Bertz CT molecular complexity index is 3480. The molecule has 0 unspecified atom stereocenters. The Hall–Kier alpha value is -7.62. The van der Waals surface area contributed by atoms with E-state index in [4.69, 9.17) is 9.97 Å². The van der Waals surface area contributed by atoms with Crippen molar-refractivity contribution in [1.29, 1.82) is 0 Å². The van der Waals surface area contributed by atoms with E-state index in [1.807, 2.05) is 0 Å². The third-order valence-corrected chi connectivity index (χ3v) is 11.7. The highest BCUT2D eigenvalue weighted by Crippen LogP contribution is 2.45. The summed E-state index contributed by atoms with van der Waals surface area (Å²) in [6.07, 6.45) is 0. The first-order valence-corrected chi connectivity index (χ1v) is 19.5. The summed E-state index contributed by atoms with van der Waals surface area (Å²) in [6, 6.07) is 72.1. The summed E-state index contributed by atoms with van der Waals surface area (Å²) < 4.78 is 2.46. The zero-order chi connectivity index (χ0) is 37.5. The number of nitrogens with zero attached hydrogens (tertiary/aromatic N) is 3. The normalized spacial score (nSPS) is 11.9. The molecule has 3 nitrogen and oxygen atoms in total. The molecule has 0 bridgehead atoms. The molecule has 0 spiro atoms. The zero-order valence-corrected chi connectivity index (χ0v) is 30.9. The van der Waals surface area contributed by atoms with Gasteiger partial charge in [0.25, 0.3) is 0 Å². The van der Waals surface area contributed by atoms with Crippen LogP contribution in [0.5, 0.6) is 0 Å². The predicted octanol–water partition coefficient (Wildman–Crippen LogP) is 14.3. The largest absolute Gasteiger partial charge is 0.309 e. The Morgan fingerprint density at radius 2 is 0.842 bits per heavy atom. The first kappa shape index (κ1) is 31.7. The maximum Gasteiger partial charge on any atom is 0.160 e. The fraction of sp³-hybridized carbons (Fsp3) is 0. The molecule has 0 saturated heterocycles. The van der Waals surface area contributed by atoms with Crippen LogP contribution >= 0.6 is 0 Å². The SMILES string of the molecule is c1ccc2cc(-c3cc(-c4ccc(-n5c6ccccc6c6c7c8ccccc8ccc7c7ccccc7c65)cc4)nc(-c4ccc5ccccc5c4)n3)ccc2c1. The molecule has 57 heavy (non-hydrogen) atoms. The van der Waals surface area contributed by atoms with Crippen LogP contribution in [0.2, 0.25) is 0 Å². The second-order valence-corrected chi connectivity index (χ2v) is 15.0. The van der Waals surface area contributed by atoms with Gasteiger partial charge in [-0.2, -0.15) is 0 Å². The lowest BCUT2D eigenvalue weighted by Crippen LogP contribution is -1.97. The van der Waals surface area contributed by atoms with Gasteiger partial charge >= 0.3 is 0 Å². The Balaban J connectivity index is 1.07. The van der Waals surface area contributed by atoms with Crippen LogP contribution in [0.25, 0.3) is 115 Å². The van der Waals surface area contributed by atoms with Crippen LogP contribution in [-0.2, 0) is 0 Å². The Labute approximate surface area is 328 Å². The van der Waals surface area contributed by atoms with Crippen molar-refractivity contribution < 1.29 is 0 Å². The van der Waals surface area contributed by atoms with Crippen molar-refractivity contribution in [3.05, 3.63) is 200 Å². The van der Waals surface area contributed by atoms with E-state index in [1.54, 1.807) is 0 Å². The van der Waals surface area contributed by atoms with Crippen molar-refractivity contribution in [2.24, 2.45) is 0 Å². The molecule has 2 aromatic heterocycles. The van der Waals surface area contributed by atoms with E-state index < -0.39 is 0 Å². The second kappa shape index (κ2) is 12.5. The third kappa shape index (κ3) is 4.99. The predicted molar refractivity (Wildman–Crippen MR) is 240 cm³/mol. The topological polar surface area (TPSA) is 30.7 Å². The second-order valence-electron chi connectivity index (χ2n) is 15.0. The smallest absolute Gasteiger partial charge is 0.160 e. The van der Waals surface area contributed by atoms with E-state index in [9.17, 15) is 0 Å². The summed E-state index contributed by atoms with van der Waals surface area (Å²) in [6.45, 7) is 0. The minimum atomic E-state index is 0.707. The molecule has 264 valence electrons. The molecule has 0 aliphatic heterocycles. The summed E-state index contributed by atoms with van der Waals surface area (Å²) in [5, 5.41) is 14.9. The number of hydrogen-bond donors (Lipinski definition) is 0. The van der Waals surface area contributed by atoms with Crippen molar-refractivity contribution >= 4 is 75.7 Å². The zero-order valence-electron chi connectivity index (χ0n) is 30.9. The molecule has 0 atom stereocenters. The summed E-state index contributed by atoms with van der Waals surface area (Å²) in [5.74, 6) is 0.707. The van der Waals surface area contributed by atoms with Gasteiger partial charge in [0, 0.05) is 43.9 Å². The van der Waals surface area contributed by atoms with E-state index >= 15 is 0 Å². The molecule has 0 aliphatic rings. The van der Waals surface area contributed by atoms with E-state index in [0.717, 1.165) is 33.8 Å². The number of benzene rings is 10. The molecule has 12 aromatic rings. The maximum absolute atomic E-state index is 5.25. The average Bonchev–Trinajstić information content (AvgIpc) is 3.64. The molecule has 10 aromatic carbocycles. The van der Waals surface area contributed by atoms with Gasteiger partial charge in [-0.25, -0.2) is 9.97 Å². The van der Waals surface area contributed by atoms with Gasteiger partial charge in [-0.3, -0.25) is 0 Å². The molecule has 0 saturated carbocycles. The van der Waals surface area contributed by atoms with Gasteiger partial charge in [0.1, 0.15) is 0 Å². The van der Waals surface area contributed by atoms with Crippen molar-refractivity contribution in [3.63, 3.8) is 0 Å².